The Labute approximate surface area is 98.5 Å². The van der Waals surface area contributed by atoms with Gasteiger partial charge in [-0.05, 0) is 40.5 Å². The number of methoxy groups -OCH3 is 1. The van der Waals surface area contributed by atoms with E-state index in [0.29, 0.717) is 5.84 Å². The molecular formula is C11H15BrN2O. The van der Waals surface area contributed by atoms with Crippen molar-refractivity contribution in [2.24, 2.45) is 10.7 Å². The van der Waals surface area contributed by atoms with Gasteiger partial charge < -0.3 is 10.5 Å². The maximum atomic E-state index is 5.74. The van der Waals surface area contributed by atoms with Crippen molar-refractivity contribution in [3.05, 3.63) is 22.7 Å². The van der Waals surface area contributed by atoms with E-state index in [1.807, 2.05) is 18.2 Å². The number of nitrogens with zero attached hydrogens (tertiary/aromatic N) is 1. The van der Waals surface area contributed by atoms with Crippen LogP contribution in [0.3, 0.4) is 0 Å². The van der Waals surface area contributed by atoms with Gasteiger partial charge in [0, 0.05) is 6.42 Å². The third-order valence-electron chi connectivity index (χ3n) is 1.91. The lowest BCUT2D eigenvalue weighted by atomic mass is 10.3. The molecule has 0 aliphatic rings. The van der Waals surface area contributed by atoms with Crippen molar-refractivity contribution in [2.45, 2.75) is 19.8 Å². The Kier molecular flexibility index (Phi) is 4.62. The first-order valence-corrected chi connectivity index (χ1v) is 5.63. The zero-order valence-corrected chi connectivity index (χ0v) is 10.5. The summed E-state index contributed by atoms with van der Waals surface area (Å²) in [5, 5.41) is 0. The first-order chi connectivity index (χ1) is 7.17. The van der Waals surface area contributed by atoms with Gasteiger partial charge >= 0.3 is 0 Å². The number of hydrogen-bond donors (Lipinski definition) is 1. The molecule has 0 saturated carbocycles. The molecule has 0 spiro atoms. The molecule has 0 aliphatic heterocycles. The lowest BCUT2D eigenvalue weighted by Gasteiger charge is -2.04. The summed E-state index contributed by atoms with van der Waals surface area (Å²) in [5.41, 5.74) is 6.58. The smallest absolute Gasteiger partial charge is 0.133 e. The highest BCUT2D eigenvalue weighted by atomic mass is 79.9. The zero-order valence-electron chi connectivity index (χ0n) is 8.96. The van der Waals surface area contributed by atoms with Gasteiger partial charge in [0.25, 0.3) is 0 Å². The quantitative estimate of drug-likeness (QED) is 0.675. The van der Waals surface area contributed by atoms with Crippen LogP contribution >= 0.6 is 15.9 Å². The van der Waals surface area contributed by atoms with Crippen LogP contribution in [0.5, 0.6) is 5.75 Å². The molecule has 0 saturated heterocycles. The largest absolute Gasteiger partial charge is 0.496 e. The van der Waals surface area contributed by atoms with E-state index in [1.54, 1.807) is 7.11 Å². The van der Waals surface area contributed by atoms with Crippen molar-refractivity contribution in [3.8, 4) is 5.75 Å². The van der Waals surface area contributed by atoms with E-state index >= 15 is 0 Å². The van der Waals surface area contributed by atoms with Gasteiger partial charge in [0.15, 0.2) is 0 Å². The highest BCUT2D eigenvalue weighted by Gasteiger charge is 2.00. The summed E-state index contributed by atoms with van der Waals surface area (Å²) in [6, 6.07) is 5.63. The second-order valence-corrected chi connectivity index (χ2v) is 4.03. The Morgan fingerprint density at radius 1 is 1.53 bits per heavy atom. The molecule has 15 heavy (non-hydrogen) atoms. The molecule has 0 atom stereocenters. The maximum absolute atomic E-state index is 5.74. The summed E-state index contributed by atoms with van der Waals surface area (Å²) in [4.78, 5) is 4.29. The van der Waals surface area contributed by atoms with Crippen molar-refractivity contribution < 1.29 is 4.74 Å². The van der Waals surface area contributed by atoms with Crippen LogP contribution in [0.4, 0.5) is 5.69 Å². The maximum Gasteiger partial charge on any atom is 0.133 e. The van der Waals surface area contributed by atoms with Crippen molar-refractivity contribution in [1.29, 1.82) is 0 Å². The topological polar surface area (TPSA) is 47.6 Å². The van der Waals surface area contributed by atoms with E-state index in [2.05, 4.69) is 27.8 Å². The fourth-order valence-electron chi connectivity index (χ4n) is 1.20. The molecule has 0 amide bonds. The van der Waals surface area contributed by atoms with Gasteiger partial charge in [-0.3, -0.25) is 0 Å². The molecule has 0 heterocycles. The summed E-state index contributed by atoms with van der Waals surface area (Å²) in [7, 11) is 1.63. The van der Waals surface area contributed by atoms with E-state index in [4.69, 9.17) is 10.5 Å². The van der Waals surface area contributed by atoms with Gasteiger partial charge in [-0.25, -0.2) is 4.99 Å². The van der Waals surface area contributed by atoms with Crippen LogP contribution in [-0.2, 0) is 0 Å². The predicted octanol–water partition coefficient (Wildman–Crippen LogP) is 3.25. The van der Waals surface area contributed by atoms with Gasteiger partial charge in [0.05, 0.1) is 23.1 Å². The minimum absolute atomic E-state index is 0.662. The lowest BCUT2D eigenvalue weighted by Crippen LogP contribution is -2.09. The number of benzene rings is 1. The molecule has 3 nitrogen and oxygen atoms in total. The standard InChI is InChI=1S/C11H15BrN2O/c1-3-4-11(13)14-8-5-6-10(15-2)9(12)7-8/h5-7H,3-4H2,1-2H3,(H2,13,14). The number of rotatable bonds is 4. The first-order valence-electron chi connectivity index (χ1n) is 4.84. The van der Waals surface area contributed by atoms with Crippen LogP contribution in [-0.4, -0.2) is 12.9 Å². The average molecular weight is 271 g/mol. The zero-order chi connectivity index (χ0) is 11.3. The molecule has 0 radical (unpaired) electrons. The molecule has 0 unspecified atom stereocenters. The molecule has 1 aromatic rings. The number of ether oxygens (including phenoxy) is 1. The number of aliphatic imine (C=N–C) groups is 1. The normalized spacial score (nSPS) is 11.5. The van der Waals surface area contributed by atoms with Crippen LogP contribution in [0.15, 0.2) is 27.7 Å². The average Bonchev–Trinajstić information content (AvgIpc) is 2.18. The minimum Gasteiger partial charge on any atom is -0.496 e. The molecule has 0 bridgehead atoms. The highest BCUT2D eigenvalue weighted by Crippen LogP contribution is 2.29. The van der Waals surface area contributed by atoms with E-state index < -0.39 is 0 Å². The number of hydrogen-bond acceptors (Lipinski definition) is 2. The molecule has 1 aromatic carbocycles. The Balaban J connectivity index is 2.88. The van der Waals surface area contributed by atoms with Crippen LogP contribution in [0, 0.1) is 0 Å². The Bertz CT molecular complexity index is 364. The SMILES string of the molecule is CCCC(N)=Nc1ccc(OC)c(Br)c1. The Morgan fingerprint density at radius 2 is 2.27 bits per heavy atom. The van der Waals surface area contributed by atoms with Crippen molar-refractivity contribution >= 4 is 27.5 Å². The van der Waals surface area contributed by atoms with E-state index in [1.165, 1.54) is 0 Å². The summed E-state index contributed by atoms with van der Waals surface area (Å²) >= 11 is 3.40. The molecule has 0 fully saturated rings. The molecule has 1 rings (SSSR count). The Hall–Kier alpha value is -1.03. The van der Waals surface area contributed by atoms with Gasteiger partial charge in [-0.15, -0.1) is 0 Å². The van der Waals surface area contributed by atoms with Crippen LogP contribution in [0.2, 0.25) is 0 Å². The van der Waals surface area contributed by atoms with Crippen LogP contribution in [0.1, 0.15) is 19.8 Å². The van der Waals surface area contributed by atoms with E-state index in [0.717, 1.165) is 28.8 Å². The van der Waals surface area contributed by atoms with E-state index in [9.17, 15) is 0 Å². The summed E-state index contributed by atoms with van der Waals surface area (Å²) in [5.74, 6) is 1.46. The van der Waals surface area contributed by atoms with Crippen molar-refractivity contribution in [2.75, 3.05) is 7.11 Å². The van der Waals surface area contributed by atoms with Crippen molar-refractivity contribution in [1.82, 2.24) is 0 Å². The van der Waals surface area contributed by atoms with Gasteiger partial charge in [-0.1, -0.05) is 6.92 Å². The molecule has 82 valence electrons. The van der Waals surface area contributed by atoms with Crippen LogP contribution in [0.25, 0.3) is 0 Å². The third kappa shape index (κ3) is 3.55. The number of halogens is 1. The molecule has 2 N–H and O–H groups in total. The first kappa shape index (κ1) is 12.0. The van der Waals surface area contributed by atoms with Gasteiger partial charge in [-0.2, -0.15) is 0 Å². The summed E-state index contributed by atoms with van der Waals surface area (Å²) in [6.07, 6.45) is 1.83. The molecule has 0 aliphatic carbocycles. The highest BCUT2D eigenvalue weighted by molar-refractivity contribution is 9.10. The van der Waals surface area contributed by atoms with Crippen LogP contribution < -0.4 is 10.5 Å². The lowest BCUT2D eigenvalue weighted by molar-refractivity contribution is 0.412. The fraction of sp³-hybridized carbons (Fsp3) is 0.364. The fourth-order valence-corrected chi connectivity index (χ4v) is 1.73. The monoisotopic (exact) mass is 270 g/mol. The Morgan fingerprint density at radius 3 is 2.80 bits per heavy atom. The van der Waals surface area contributed by atoms with Crippen molar-refractivity contribution in [3.63, 3.8) is 0 Å². The molecule has 4 heteroatoms. The second-order valence-electron chi connectivity index (χ2n) is 3.17. The summed E-state index contributed by atoms with van der Waals surface area (Å²) < 4.78 is 6.01. The number of amidine groups is 1. The van der Waals surface area contributed by atoms with Gasteiger partial charge in [0.2, 0.25) is 0 Å². The molecule has 0 aromatic heterocycles. The van der Waals surface area contributed by atoms with E-state index in [-0.39, 0.29) is 0 Å². The predicted molar refractivity (Wildman–Crippen MR) is 66.9 cm³/mol. The second kappa shape index (κ2) is 5.75. The third-order valence-corrected chi connectivity index (χ3v) is 2.53. The summed E-state index contributed by atoms with van der Waals surface area (Å²) in [6.45, 7) is 2.08. The number of nitrogens with two attached hydrogens (primary N) is 1. The van der Waals surface area contributed by atoms with Gasteiger partial charge in [0.1, 0.15) is 5.75 Å². The molecular weight excluding hydrogens is 256 g/mol. The minimum atomic E-state index is 0.662.